The normalized spacial score (nSPS) is 11.7. The maximum Gasteiger partial charge on any atom is 0.306 e. The van der Waals surface area contributed by atoms with Crippen LogP contribution in [0.5, 0.6) is 0 Å². The molecule has 5 nitrogen and oxygen atoms in total. The van der Waals surface area contributed by atoms with E-state index < -0.39 is 5.97 Å². The molecule has 7 heteroatoms. The van der Waals surface area contributed by atoms with Crippen molar-refractivity contribution in [2.24, 2.45) is 0 Å². The molecule has 0 aliphatic carbocycles. The molecule has 0 saturated carbocycles. The second-order valence-electron chi connectivity index (χ2n) is 6.07. The molecule has 1 atom stereocenters. The van der Waals surface area contributed by atoms with Crippen LogP contribution in [0.4, 0.5) is 0 Å². The number of carbonyl (C=O) groups is 3. The van der Waals surface area contributed by atoms with Gasteiger partial charge in [-0.2, -0.15) is 0 Å². The molecule has 0 aliphatic rings. The van der Waals surface area contributed by atoms with Crippen LogP contribution in [0.2, 0.25) is 4.34 Å². The summed E-state index contributed by atoms with van der Waals surface area (Å²) in [6.45, 7) is 3.58. The molecule has 0 spiro atoms. The largest absolute Gasteiger partial charge is 0.456 e. The molecule has 1 heterocycles. The SMILES string of the molecule is CCc1ccc([C@@H](C)NC(=O)COC(=O)CCC(=O)c2ccc(Cl)s2)cc1. The molecule has 0 fully saturated rings. The van der Waals surface area contributed by atoms with Crippen LogP contribution in [-0.2, 0) is 20.7 Å². The lowest BCUT2D eigenvalue weighted by molar-refractivity contribution is -0.148. The second kappa shape index (κ2) is 10.2. The Hall–Kier alpha value is -2.18. The van der Waals surface area contributed by atoms with Crippen molar-refractivity contribution in [2.75, 3.05) is 6.61 Å². The number of esters is 1. The zero-order valence-electron chi connectivity index (χ0n) is 15.3. The molecule has 144 valence electrons. The van der Waals surface area contributed by atoms with Gasteiger partial charge in [-0.05, 0) is 36.6 Å². The van der Waals surface area contributed by atoms with E-state index in [1.165, 1.54) is 16.9 Å². The molecular weight excluding hydrogens is 386 g/mol. The number of thiophene rings is 1. The third kappa shape index (κ3) is 6.81. The third-order valence-electron chi connectivity index (χ3n) is 4.03. The lowest BCUT2D eigenvalue weighted by Gasteiger charge is -2.15. The van der Waals surface area contributed by atoms with Gasteiger partial charge < -0.3 is 10.1 Å². The summed E-state index contributed by atoms with van der Waals surface area (Å²) in [6.07, 6.45) is 0.909. The van der Waals surface area contributed by atoms with Crippen LogP contribution in [-0.4, -0.2) is 24.3 Å². The Balaban J connectivity index is 1.70. The summed E-state index contributed by atoms with van der Waals surface area (Å²) in [4.78, 5) is 36.1. The van der Waals surface area contributed by atoms with Gasteiger partial charge in [-0.25, -0.2) is 0 Å². The lowest BCUT2D eigenvalue weighted by Crippen LogP contribution is -2.31. The number of benzene rings is 1. The average molecular weight is 408 g/mol. The number of aryl methyl sites for hydroxylation is 1. The predicted octanol–water partition coefficient (Wildman–Crippen LogP) is 4.35. The number of carbonyl (C=O) groups excluding carboxylic acids is 3. The zero-order chi connectivity index (χ0) is 19.8. The van der Waals surface area contributed by atoms with Crippen molar-refractivity contribution < 1.29 is 19.1 Å². The van der Waals surface area contributed by atoms with Crippen molar-refractivity contribution in [1.29, 1.82) is 0 Å². The summed E-state index contributed by atoms with van der Waals surface area (Å²) in [5.41, 5.74) is 2.21. The number of nitrogens with one attached hydrogen (secondary N) is 1. The number of hydrogen-bond acceptors (Lipinski definition) is 5. The Morgan fingerprint density at radius 2 is 1.81 bits per heavy atom. The topological polar surface area (TPSA) is 72.5 Å². The lowest BCUT2D eigenvalue weighted by atomic mass is 10.1. The van der Waals surface area contributed by atoms with E-state index >= 15 is 0 Å². The Kier molecular flexibility index (Phi) is 8.00. The highest BCUT2D eigenvalue weighted by atomic mass is 35.5. The summed E-state index contributed by atoms with van der Waals surface area (Å²) in [5, 5.41) is 2.79. The van der Waals surface area contributed by atoms with Crippen LogP contribution in [0.3, 0.4) is 0 Å². The van der Waals surface area contributed by atoms with Crippen LogP contribution in [0, 0.1) is 0 Å². The van der Waals surface area contributed by atoms with Gasteiger partial charge in [-0.15, -0.1) is 11.3 Å². The molecule has 0 aliphatic heterocycles. The summed E-state index contributed by atoms with van der Waals surface area (Å²) < 4.78 is 5.47. The van der Waals surface area contributed by atoms with Crippen molar-refractivity contribution in [1.82, 2.24) is 5.32 Å². The maximum absolute atomic E-state index is 11.9. The first-order chi connectivity index (χ1) is 12.9. The Bertz CT molecular complexity index is 801. The van der Waals surface area contributed by atoms with Crippen LogP contribution in [0.25, 0.3) is 0 Å². The molecule has 1 amide bonds. The maximum atomic E-state index is 11.9. The van der Waals surface area contributed by atoms with E-state index in [2.05, 4.69) is 12.2 Å². The van der Waals surface area contributed by atoms with E-state index in [0.29, 0.717) is 9.21 Å². The zero-order valence-corrected chi connectivity index (χ0v) is 16.9. The molecule has 1 aromatic carbocycles. The fourth-order valence-corrected chi connectivity index (χ4v) is 3.44. The number of Topliss-reactive ketones (excluding diaryl/α,β-unsaturated/α-hetero) is 1. The first kappa shape index (κ1) is 21.1. The number of rotatable bonds is 9. The second-order valence-corrected chi connectivity index (χ2v) is 7.79. The number of halogens is 1. The first-order valence-electron chi connectivity index (χ1n) is 8.71. The van der Waals surface area contributed by atoms with Gasteiger partial charge in [0.05, 0.1) is 21.7 Å². The van der Waals surface area contributed by atoms with Crippen molar-refractivity contribution in [3.8, 4) is 0 Å². The van der Waals surface area contributed by atoms with Crippen molar-refractivity contribution in [3.05, 3.63) is 56.7 Å². The molecular formula is C20H22ClNO4S. The van der Waals surface area contributed by atoms with Gasteiger partial charge in [0.2, 0.25) is 0 Å². The Labute approximate surface area is 167 Å². The minimum Gasteiger partial charge on any atom is -0.456 e. The van der Waals surface area contributed by atoms with Crippen LogP contribution >= 0.6 is 22.9 Å². The molecule has 0 radical (unpaired) electrons. The fraction of sp³-hybridized carbons (Fsp3) is 0.350. The van der Waals surface area contributed by atoms with Crippen molar-refractivity contribution in [2.45, 2.75) is 39.2 Å². The standard InChI is InChI=1S/C20H22ClNO4S/c1-3-14-4-6-15(7-5-14)13(2)22-19(24)12-26-20(25)11-8-16(23)17-9-10-18(21)27-17/h4-7,9-10,13H,3,8,11-12H2,1-2H3,(H,22,24)/t13-/m1/s1. The van der Waals surface area contributed by atoms with Gasteiger partial charge in [0.25, 0.3) is 5.91 Å². The van der Waals surface area contributed by atoms with E-state index in [-0.39, 0.29) is 37.2 Å². The van der Waals surface area contributed by atoms with Crippen molar-refractivity contribution >= 4 is 40.6 Å². The molecule has 0 saturated heterocycles. The summed E-state index contributed by atoms with van der Waals surface area (Å²) in [6, 6.07) is 11.1. The van der Waals surface area contributed by atoms with E-state index in [9.17, 15) is 14.4 Å². The van der Waals surface area contributed by atoms with Gasteiger partial charge in [0.1, 0.15) is 0 Å². The van der Waals surface area contributed by atoms with Gasteiger partial charge in [0, 0.05) is 6.42 Å². The summed E-state index contributed by atoms with van der Waals surface area (Å²) in [7, 11) is 0. The highest BCUT2D eigenvalue weighted by Crippen LogP contribution is 2.23. The van der Waals surface area contributed by atoms with Crippen LogP contribution in [0.1, 0.15) is 53.5 Å². The van der Waals surface area contributed by atoms with Crippen LogP contribution in [0.15, 0.2) is 36.4 Å². The van der Waals surface area contributed by atoms with Gasteiger partial charge in [-0.3, -0.25) is 14.4 Å². The number of ketones is 1. The van der Waals surface area contributed by atoms with Gasteiger partial charge in [0.15, 0.2) is 12.4 Å². The first-order valence-corrected chi connectivity index (χ1v) is 9.90. The van der Waals surface area contributed by atoms with Gasteiger partial charge >= 0.3 is 5.97 Å². The van der Waals surface area contributed by atoms with E-state index in [0.717, 1.165) is 12.0 Å². The average Bonchev–Trinajstić information content (AvgIpc) is 3.11. The molecule has 1 N–H and O–H groups in total. The molecule has 1 aromatic heterocycles. The van der Waals surface area contributed by atoms with E-state index in [1.807, 2.05) is 31.2 Å². The van der Waals surface area contributed by atoms with E-state index in [1.54, 1.807) is 12.1 Å². The number of hydrogen-bond donors (Lipinski definition) is 1. The molecule has 2 rings (SSSR count). The molecule has 27 heavy (non-hydrogen) atoms. The fourth-order valence-electron chi connectivity index (χ4n) is 2.43. The minimum atomic E-state index is -0.582. The number of ether oxygens (including phenoxy) is 1. The molecule has 0 bridgehead atoms. The van der Waals surface area contributed by atoms with Crippen LogP contribution < -0.4 is 5.32 Å². The monoisotopic (exact) mass is 407 g/mol. The highest BCUT2D eigenvalue weighted by molar-refractivity contribution is 7.18. The van der Waals surface area contributed by atoms with Gasteiger partial charge in [-0.1, -0.05) is 42.8 Å². The number of amides is 1. The molecule has 2 aromatic rings. The third-order valence-corrected chi connectivity index (χ3v) is 5.31. The summed E-state index contributed by atoms with van der Waals surface area (Å²) in [5.74, 6) is -1.13. The Morgan fingerprint density at radius 3 is 2.41 bits per heavy atom. The Morgan fingerprint density at radius 1 is 1.11 bits per heavy atom. The van der Waals surface area contributed by atoms with E-state index in [4.69, 9.17) is 16.3 Å². The highest BCUT2D eigenvalue weighted by Gasteiger charge is 2.15. The minimum absolute atomic E-state index is 0.0253. The summed E-state index contributed by atoms with van der Waals surface area (Å²) >= 11 is 6.96. The predicted molar refractivity (Wildman–Crippen MR) is 106 cm³/mol. The quantitative estimate of drug-likeness (QED) is 0.495. The smallest absolute Gasteiger partial charge is 0.306 e. The van der Waals surface area contributed by atoms with Crippen molar-refractivity contribution in [3.63, 3.8) is 0 Å². The molecule has 0 unspecified atom stereocenters.